The average Bonchev–Trinajstić information content (AvgIpc) is 3.07. The van der Waals surface area contributed by atoms with Gasteiger partial charge >= 0.3 is 0 Å². The summed E-state index contributed by atoms with van der Waals surface area (Å²) in [5.41, 5.74) is 0.651. The molecule has 0 unspecified atom stereocenters. The van der Waals surface area contributed by atoms with Crippen LogP contribution >= 0.6 is 11.3 Å². The summed E-state index contributed by atoms with van der Waals surface area (Å²) in [5, 5.41) is 1.04. The average molecular weight is 345 g/mol. The summed E-state index contributed by atoms with van der Waals surface area (Å²) in [6.07, 6.45) is 1.90. The Hall–Kier alpha value is -2.28. The Morgan fingerprint density at radius 2 is 1.88 bits per heavy atom. The minimum atomic E-state index is 0.0435. The third kappa shape index (κ3) is 2.91. The molecule has 1 fully saturated rings. The highest BCUT2D eigenvalue weighted by molar-refractivity contribution is 7.15. The zero-order valence-corrected chi connectivity index (χ0v) is 14.3. The van der Waals surface area contributed by atoms with Gasteiger partial charge in [-0.2, -0.15) is 0 Å². The molecule has 0 radical (unpaired) electrons. The molecule has 3 heterocycles. The highest BCUT2D eigenvalue weighted by Gasteiger charge is 2.24. The lowest BCUT2D eigenvalue weighted by Crippen LogP contribution is -2.48. The van der Waals surface area contributed by atoms with E-state index in [9.17, 15) is 4.79 Å². The van der Waals surface area contributed by atoms with Crippen LogP contribution in [-0.2, 0) is 0 Å². The third-order valence-electron chi connectivity index (χ3n) is 4.24. The maximum absolute atomic E-state index is 12.7. The van der Waals surface area contributed by atoms with Crippen molar-refractivity contribution in [1.82, 2.24) is 9.88 Å². The molecule has 7 heteroatoms. The molecule has 24 heavy (non-hydrogen) atoms. The van der Waals surface area contributed by atoms with Crippen molar-refractivity contribution in [2.45, 2.75) is 6.92 Å². The Labute approximate surface area is 144 Å². The molecule has 4 rings (SSSR count). The summed E-state index contributed by atoms with van der Waals surface area (Å²) < 4.78 is 11.1. The van der Waals surface area contributed by atoms with Crippen molar-refractivity contribution >= 4 is 22.4 Å². The largest absolute Gasteiger partial charge is 0.486 e. The fourth-order valence-corrected chi connectivity index (χ4v) is 3.76. The van der Waals surface area contributed by atoms with Crippen LogP contribution in [0.5, 0.6) is 11.5 Å². The van der Waals surface area contributed by atoms with Crippen molar-refractivity contribution in [3.63, 3.8) is 0 Å². The van der Waals surface area contributed by atoms with Crippen LogP contribution in [-0.4, -0.2) is 55.2 Å². The first-order valence-electron chi connectivity index (χ1n) is 8.07. The van der Waals surface area contributed by atoms with E-state index in [-0.39, 0.29) is 5.91 Å². The SMILES string of the molecule is Cc1cnc(N2CCN(C(=O)c3ccc4c(c3)OCCO4)CC2)s1. The number of ether oxygens (including phenoxy) is 2. The predicted molar refractivity (Wildman–Crippen MR) is 92.4 cm³/mol. The Bertz CT molecular complexity index is 753. The maximum Gasteiger partial charge on any atom is 0.254 e. The van der Waals surface area contributed by atoms with Gasteiger partial charge in [0.1, 0.15) is 13.2 Å². The molecule has 2 aromatic rings. The molecule has 1 aromatic heterocycles. The number of fused-ring (bicyclic) bond motifs is 1. The van der Waals surface area contributed by atoms with Crippen LogP contribution in [0.15, 0.2) is 24.4 Å². The molecule has 1 saturated heterocycles. The van der Waals surface area contributed by atoms with Crippen LogP contribution in [0.2, 0.25) is 0 Å². The molecule has 0 aliphatic carbocycles. The van der Waals surface area contributed by atoms with Crippen LogP contribution in [0.3, 0.4) is 0 Å². The van der Waals surface area contributed by atoms with E-state index in [0.717, 1.165) is 18.2 Å². The Balaban J connectivity index is 1.43. The van der Waals surface area contributed by atoms with E-state index in [0.29, 0.717) is 43.4 Å². The summed E-state index contributed by atoms with van der Waals surface area (Å²) >= 11 is 1.70. The lowest BCUT2D eigenvalue weighted by Gasteiger charge is -2.34. The van der Waals surface area contributed by atoms with Gasteiger partial charge < -0.3 is 19.3 Å². The number of anilines is 1. The standard InChI is InChI=1S/C17H19N3O3S/c1-12-11-18-17(24-12)20-6-4-19(5-7-20)16(21)13-2-3-14-15(10-13)23-9-8-22-14/h2-3,10-11H,4-9H2,1H3. The number of rotatable bonds is 2. The first kappa shape index (κ1) is 15.3. The Kier molecular flexibility index (Phi) is 4.02. The normalized spacial score (nSPS) is 17.0. The van der Waals surface area contributed by atoms with Crippen LogP contribution in [0, 0.1) is 6.92 Å². The van der Waals surface area contributed by atoms with Gasteiger partial charge in [-0.3, -0.25) is 4.79 Å². The fraction of sp³-hybridized carbons (Fsp3) is 0.412. The summed E-state index contributed by atoms with van der Waals surface area (Å²) in [6, 6.07) is 5.41. The predicted octanol–water partition coefficient (Wildman–Crippen LogP) is 2.19. The van der Waals surface area contributed by atoms with E-state index in [4.69, 9.17) is 9.47 Å². The van der Waals surface area contributed by atoms with Gasteiger partial charge in [-0.1, -0.05) is 0 Å². The number of carbonyl (C=O) groups is 1. The van der Waals surface area contributed by atoms with Gasteiger partial charge in [0.25, 0.3) is 5.91 Å². The van der Waals surface area contributed by atoms with E-state index in [2.05, 4.69) is 16.8 Å². The summed E-state index contributed by atoms with van der Waals surface area (Å²) in [5.74, 6) is 1.41. The van der Waals surface area contributed by atoms with Crippen molar-refractivity contribution in [3.05, 3.63) is 34.8 Å². The monoisotopic (exact) mass is 345 g/mol. The van der Waals surface area contributed by atoms with Gasteiger partial charge in [0.05, 0.1) is 0 Å². The zero-order chi connectivity index (χ0) is 16.5. The lowest BCUT2D eigenvalue weighted by atomic mass is 10.1. The fourth-order valence-electron chi connectivity index (χ4n) is 2.95. The van der Waals surface area contributed by atoms with E-state index in [1.807, 2.05) is 23.2 Å². The first-order valence-corrected chi connectivity index (χ1v) is 8.89. The molecule has 126 valence electrons. The number of benzene rings is 1. The minimum absolute atomic E-state index is 0.0435. The number of hydrogen-bond donors (Lipinski definition) is 0. The van der Waals surface area contributed by atoms with Crippen molar-refractivity contribution in [2.75, 3.05) is 44.3 Å². The molecule has 1 amide bonds. The molecule has 2 aliphatic rings. The van der Waals surface area contributed by atoms with Crippen molar-refractivity contribution in [3.8, 4) is 11.5 Å². The molecular formula is C17H19N3O3S. The van der Waals surface area contributed by atoms with Crippen LogP contribution in [0.4, 0.5) is 5.13 Å². The summed E-state index contributed by atoms with van der Waals surface area (Å²) in [7, 11) is 0. The zero-order valence-electron chi connectivity index (χ0n) is 13.5. The molecule has 0 atom stereocenters. The third-order valence-corrected chi connectivity index (χ3v) is 5.21. The second kappa shape index (κ2) is 6.32. The number of thiazole rings is 1. The minimum Gasteiger partial charge on any atom is -0.486 e. The second-order valence-corrected chi connectivity index (χ2v) is 7.10. The van der Waals surface area contributed by atoms with Gasteiger partial charge in [0.2, 0.25) is 0 Å². The molecule has 0 saturated carbocycles. The van der Waals surface area contributed by atoms with Crippen molar-refractivity contribution < 1.29 is 14.3 Å². The molecule has 1 aromatic carbocycles. The van der Waals surface area contributed by atoms with E-state index < -0.39 is 0 Å². The number of hydrogen-bond acceptors (Lipinski definition) is 6. The Morgan fingerprint density at radius 1 is 1.12 bits per heavy atom. The number of aryl methyl sites for hydroxylation is 1. The van der Waals surface area contributed by atoms with Crippen LogP contribution in [0.1, 0.15) is 15.2 Å². The molecule has 2 aliphatic heterocycles. The molecule has 0 N–H and O–H groups in total. The summed E-state index contributed by atoms with van der Waals surface area (Å²) in [6.45, 7) is 6.15. The van der Waals surface area contributed by atoms with E-state index in [1.54, 1.807) is 17.4 Å². The molecular weight excluding hydrogens is 326 g/mol. The number of piperazine rings is 1. The first-order chi connectivity index (χ1) is 11.7. The molecule has 6 nitrogen and oxygen atoms in total. The van der Waals surface area contributed by atoms with Gasteiger partial charge in [-0.05, 0) is 25.1 Å². The van der Waals surface area contributed by atoms with Gasteiger partial charge in [-0.15, -0.1) is 11.3 Å². The van der Waals surface area contributed by atoms with Crippen LogP contribution < -0.4 is 14.4 Å². The van der Waals surface area contributed by atoms with E-state index >= 15 is 0 Å². The highest BCUT2D eigenvalue weighted by atomic mass is 32.1. The quantitative estimate of drug-likeness (QED) is 0.835. The van der Waals surface area contributed by atoms with Gasteiger partial charge in [-0.25, -0.2) is 4.98 Å². The molecule has 0 spiro atoms. The lowest BCUT2D eigenvalue weighted by molar-refractivity contribution is 0.0745. The Morgan fingerprint density at radius 3 is 2.58 bits per heavy atom. The number of carbonyl (C=O) groups excluding carboxylic acids is 1. The topological polar surface area (TPSA) is 54.9 Å². The molecule has 0 bridgehead atoms. The van der Waals surface area contributed by atoms with Crippen LogP contribution in [0.25, 0.3) is 0 Å². The smallest absolute Gasteiger partial charge is 0.254 e. The van der Waals surface area contributed by atoms with Gasteiger partial charge in [0, 0.05) is 42.8 Å². The number of aromatic nitrogens is 1. The van der Waals surface area contributed by atoms with Crippen molar-refractivity contribution in [2.24, 2.45) is 0 Å². The number of nitrogens with zero attached hydrogens (tertiary/aromatic N) is 3. The maximum atomic E-state index is 12.7. The van der Waals surface area contributed by atoms with Crippen molar-refractivity contribution in [1.29, 1.82) is 0 Å². The van der Waals surface area contributed by atoms with E-state index in [1.165, 1.54) is 4.88 Å². The number of amides is 1. The second-order valence-electron chi connectivity index (χ2n) is 5.89. The van der Waals surface area contributed by atoms with Gasteiger partial charge in [0.15, 0.2) is 16.6 Å². The highest BCUT2D eigenvalue weighted by Crippen LogP contribution is 2.31. The summed E-state index contributed by atoms with van der Waals surface area (Å²) in [4.78, 5) is 22.5.